The van der Waals surface area contributed by atoms with E-state index in [-0.39, 0.29) is 23.5 Å². The van der Waals surface area contributed by atoms with Crippen LogP contribution in [-0.4, -0.2) is 42.8 Å². The van der Waals surface area contributed by atoms with E-state index in [1.54, 1.807) is 0 Å². The molecule has 0 aliphatic carbocycles. The average molecular weight is 307 g/mol. The molecule has 0 amide bonds. The van der Waals surface area contributed by atoms with Crippen LogP contribution in [0.1, 0.15) is 18.0 Å². The maximum absolute atomic E-state index is 14.1. The van der Waals surface area contributed by atoms with Gasteiger partial charge in [0.05, 0.1) is 10.0 Å². The summed E-state index contributed by atoms with van der Waals surface area (Å²) in [5.74, 6) is -0.369. The first-order chi connectivity index (χ1) is 9.15. The lowest BCUT2D eigenvalue weighted by Gasteiger charge is -2.35. The van der Waals surface area contributed by atoms with Gasteiger partial charge in [0.2, 0.25) is 0 Å². The molecule has 1 saturated heterocycles. The zero-order chi connectivity index (χ0) is 13.8. The Labute approximate surface area is 122 Å². The van der Waals surface area contributed by atoms with E-state index in [9.17, 15) is 9.50 Å². The van der Waals surface area contributed by atoms with Crippen LogP contribution >= 0.6 is 23.2 Å². The number of hydrogen-bond donors (Lipinski definition) is 2. The van der Waals surface area contributed by atoms with E-state index in [2.05, 4.69) is 10.2 Å². The van der Waals surface area contributed by atoms with Gasteiger partial charge in [-0.15, -0.1) is 0 Å². The molecule has 1 aromatic carbocycles. The quantitative estimate of drug-likeness (QED) is 0.839. The van der Waals surface area contributed by atoms with Gasteiger partial charge in [0.25, 0.3) is 0 Å². The minimum atomic E-state index is -0.369. The summed E-state index contributed by atoms with van der Waals surface area (Å²) >= 11 is 12.1. The molecular formula is C13H17Cl2FN2O. The van der Waals surface area contributed by atoms with Gasteiger partial charge in [-0.25, -0.2) is 4.39 Å². The molecule has 1 aliphatic heterocycles. The number of benzene rings is 1. The van der Waals surface area contributed by atoms with Gasteiger partial charge in [-0.1, -0.05) is 23.2 Å². The molecule has 0 unspecified atom stereocenters. The summed E-state index contributed by atoms with van der Waals surface area (Å²) in [5, 5.41) is 13.1. The van der Waals surface area contributed by atoms with E-state index < -0.39 is 0 Å². The molecule has 1 aliphatic rings. The lowest BCUT2D eigenvalue weighted by Crippen LogP contribution is -2.45. The number of rotatable bonds is 4. The molecule has 1 fully saturated rings. The van der Waals surface area contributed by atoms with Gasteiger partial charge in [0.15, 0.2) is 0 Å². The second-order valence-electron chi connectivity index (χ2n) is 4.57. The van der Waals surface area contributed by atoms with Crippen LogP contribution in [-0.2, 0) is 0 Å². The van der Waals surface area contributed by atoms with Crippen LogP contribution in [0.25, 0.3) is 0 Å². The maximum Gasteiger partial charge on any atom is 0.129 e. The van der Waals surface area contributed by atoms with Gasteiger partial charge in [-0.3, -0.25) is 4.90 Å². The fraction of sp³-hybridized carbons (Fsp3) is 0.538. The first-order valence-corrected chi connectivity index (χ1v) is 7.09. The summed E-state index contributed by atoms with van der Waals surface area (Å²) in [4.78, 5) is 2.13. The largest absolute Gasteiger partial charge is 0.396 e. The molecule has 6 heteroatoms. The van der Waals surface area contributed by atoms with Crippen molar-refractivity contribution in [3.8, 4) is 0 Å². The monoisotopic (exact) mass is 306 g/mol. The Morgan fingerprint density at radius 2 is 2.00 bits per heavy atom. The summed E-state index contributed by atoms with van der Waals surface area (Å²) in [6, 6.07) is 2.55. The van der Waals surface area contributed by atoms with Crippen molar-refractivity contribution in [2.24, 2.45) is 0 Å². The average Bonchev–Trinajstić information content (AvgIpc) is 2.43. The number of aliphatic hydroxyl groups is 1. The fourth-order valence-corrected chi connectivity index (χ4v) is 2.92. The number of halogens is 3. The highest BCUT2D eigenvalue weighted by Crippen LogP contribution is 2.36. The highest BCUT2D eigenvalue weighted by Gasteiger charge is 2.27. The summed E-state index contributed by atoms with van der Waals surface area (Å²) in [6.45, 7) is 3.28. The standard InChI is InChI=1S/C13H17Cl2FN2O/c14-9-1-2-10(16)12(13(9)15)11(3-8-19)18-6-4-17-5-7-18/h1-2,11,17,19H,3-8H2/t11-/m1/s1. The number of nitrogens with zero attached hydrogens (tertiary/aromatic N) is 1. The minimum absolute atomic E-state index is 0.0170. The van der Waals surface area contributed by atoms with Gasteiger partial charge in [-0.2, -0.15) is 0 Å². The van der Waals surface area contributed by atoms with Crippen LogP contribution in [0, 0.1) is 5.82 Å². The van der Waals surface area contributed by atoms with Gasteiger partial charge in [-0.05, 0) is 18.6 Å². The van der Waals surface area contributed by atoms with Gasteiger partial charge in [0, 0.05) is 44.4 Å². The van der Waals surface area contributed by atoms with Gasteiger partial charge >= 0.3 is 0 Å². The zero-order valence-electron chi connectivity index (χ0n) is 10.5. The second-order valence-corrected chi connectivity index (χ2v) is 5.36. The molecular weight excluding hydrogens is 290 g/mol. The molecule has 0 radical (unpaired) electrons. The van der Waals surface area contributed by atoms with Crippen molar-refractivity contribution in [1.29, 1.82) is 0 Å². The number of hydrogen-bond acceptors (Lipinski definition) is 3. The van der Waals surface area contributed by atoms with E-state index in [4.69, 9.17) is 23.2 Å². The highest BCUT2D eigenvalue weighted by atomic mass is 35.5. The first-order valence-electron chi connectivity index (χ1n) is 6.34. The number of nitrogens with one attached hydrogen (secondary N) is 1. The van der Waals surface area contributed by atoms with Crippen molar-refractivity contribution in [3.05, 3.63) is 33.6 Å². The maximum atomic E-state index is 14.1. The molecule has 2 N–H and O–H groups in total. The highest BCUT2D eigenvalue weighted by molar-refractivity contribution is 6.42. The Balaban J connectivity index is 2.35. The van der Waals surface area contributed by atoms with Crippen LogP contribution < -0.4 is 5.32 Å². The van der Waals surface area contributed by atoms with Gasteiger partial charge < -0.3 is 10.4 Å². The van der Waals surface area contributed by atoms with Crippen LogP contribution in [0.5, 0.6) is 0 Å². The Kier molecular flexibility index (Phi) is 5.42. The Hall–Kier alpha value is -0.390. The molecule has 0 saturated carbocycles. The summed E-state index contributed by atoms with van der Waals surface area (Å²) in [7, 11) is 0. The normalized spacial score (nSPS) is 18.5. The third kappa shape index (κ3) is 3.38. The predicted octanol–water partition coefficient (Wildman–Crippen LogP) is 2.46. The molecule has 1 atom stereocenters. The van der Waals surface area contributed by atoms with E-state index in [1.165, 1.54) is 12.1 Å². The molecule has 0 bridgehead atoms. The lowest BCUT2D eigenvalue weighted by molar-refractivity contribution is 0.138. The molecule has 0 aromatic heterocycles. The van der Waals surface area contributed by atoms with E-state index in [0.29, 0.717) is 17.0 Å². The van der Waals surface area contributed by atoms with Crippen LogP contribution in [0.2, 0.25) is 10.0 Å². The Morgan fingerprint density at radius 3 is 2.63 bits per heavy atom. The van der Waals surface area contributed by atoms with Crippen molar-refractivity contribution in [2.45, 2.75) is 12.5 Å². The van der Waals surface area contributed by atoms with E-state index in [1.807, 2.05) is 0 Å². The Bertz CT molecular complexity index is 439. The SMILES string of the molecule is OCC[C@H](c1c(F)ccc(Cl)c1Cl)N1CCNCC1. The molecule has 1 aromatic rings. The minimum Gasteiger partial charge on any atom is -0.396 e. The molecule has 3 nitrogen and oxygen atoms in total. The summed E-state index contributed by atoms with van der Waals surface area (Å²) < 4.78 is 14.1. The molecule has 106 valence electrons. The number of piperazine rings is 1. The van der Waals surface area contributed by atoms with Crippen molar-refractivity contribution in [1.82, 2.24) is 10.2 Å². The summed E-state index contributed by atoms with van der Waals surface area (Å²) in [5.41, 5.74) is 0.394. The lowest BCUT2D eigenvalue weighted by atomic mass is 10.0. The van der Waals surface area contributed by atoms with Crippen molar-refractivity contribution < 1.29 is 9.50 Å². The molecule has 1 heterocycles. The second kappa shape index (κ2) is 6.86. The van der Waals surface area contributed by atoms with Crippen molar-refractivity contribution >= 4 is 23.2 Å². The molecule has 2 rings (SSSR count). The Morgan fingerprint density at radius 1 is 1.32 bits per heavy atom. The molecule has 0 spiro atoms. The molecule has 19 heavy (non-hydrogen) atoms. The summed E-state index contributed by atoms with van der Waals surface area (Å²) in [6.07, 6.45) is 0.441. The van der Waals surface area contributed by atoms with Crippen molar-refractivity contribution in [2.75, 3.05) is 32.8 Å². The van der Waals surface area contributed by atoms with E-state index in [0.717, 1.165) is 26.2 Å². The third-order valence-electron chi connectivity index (χ3n) is 3.41. The topological polar surface area (TPSA) is 35.5 Å². The van der Waals surface area contributed by atoms with Gasteiger partial charge in [0.1, 0.15) is 5.82 Å². The van der Waals surface area contributed by atoms with E-state index >= 15 is 0 Å². The van der Waals surface area contributed by atoms with Crippen LogP contribution in [0.4, 0.5) is 4.39 Å². The first kappa shape index (κ1) is 15.0. The van der Waals surface area contributed by atoms with Crippen LogP contribution in [0.15, 0.2) is 12.1 Å². The number of aliphatic hydroxyl groups excluding tert-OH is 1. The zero-order valence-corrected chi connectivity index (χ0v) is 12.0. The smallest absolute Gasteiger partial charge is 0.129 e. The third-order valence-corrected chi connectivity index (χ3v) is 4.23. The predicted molar refractivity (Wildman–Crippen MR) is 75.3 cm³/mol. The van der Waals surface area contributed by atoms with Crippen LogP contribution in [0.3, 0.4) is 0 Å². The van der Waals surface area contributed by atoms with Crippen molar-refractivity contribution in [3.63, 3.8) is 0 Å². The fourth-order valence-electron chi connectivity index (χ4n) is 2.47.